The Kier molecular flexibility index (Phi) is 10.4. The number of morpholine rings is 1. The lowest BCUT2D eigenvalue weighted by Gasteiger charge is -2.33. The third kappa shape index (κ3) is 8.41. The number of Topliss-reactive ketones (excluding diaryl/α,β-unsaturated/α-hetero) is 1. The van der Waals surface area contributed by atoms with Gasteiger partial charge < -0.3 is 19.4 Å². The summed E-state index contributed by atoms with van der Waals surface area (Å²) < 4.78 is 40.3. The van der Waals surface area contributed by atoms with E-state index in [-0.39, 0.29) is 47.2 Å². The molecule has 230 valence electrons. The van der Waals surface area contributed by atoms with Crippen molar-refractivity contribution in [1.29, 1.82) is 0 Å². The molecule has 2 fully saturated rings. The molecule has 0 spiro atoms. The zero-order valence-electron chi connectivity index (χ0n) is 24.2. The molecular weight excluding hydrogens is 570 g/mol. The number of nitrogens with zero attached hydrogens (tertiary/aromatic N) is 3. The SMILES string of the molecule is O=C(CC(N=C(NS(=O)(=O)c1ccccc1)N1CCOCC1)C1CCCCC1)NCCCC(=O)c1nc2ccccc2o1. The largest absolute Gasteiger partial charge is 0.434 e. The van der Waals surface area contributed by atoms with E-state index in [1.54, 1.807) is 42.5 Å². The van der Waals surface area contributed by atoms with Gasteiger partial charge in [0.15, 0.2) is 5.58 Å². The van der Waals surface area contributed by atoms with Crippen LogP contribution in [0.4, 0.5) is 0 Å². The van der Waals surface area contributed by atoms with Gasteiger partial charge in [-0.25, -0.2) is 23.1 Å². The van der Waals surface area contributed by atoms with E-state index < -0.39 is 16.1 Å². The van der Waals surface area contributed by atoms with Crippen LogP contribution in [0.15, 0.2) is 68.9 Å². The van der Waals surface area contributed by atoms with Crippen LogP contribution in [0.1, 0.15) is 62.1 Å². The van der Waals surface area contributed by atoms with Gasteiger partial charge in [-0.3, -0.25) is 9.59 Å². The molecule has 1 aliphatic carbocycles. The maximum Gasteiger partial charge on any atom is 0.264 e. The molecule has 2 heterocycles. The highest BCUT2D eigenvalue weighted by Crippen LogP contribution is 2.30. The number of aliphatic imine (C=N–C) groups is 1. The lowest BCUT2D eigenvalue weighted by molar-refractivity contribution is -0.121. The van der Waals surface area contributed by atoms with Crippen molar-refractivity contribution in [2.24, 2.45) is 10.9 Å². The average molecular weight is 610 g/mol. The number of benzene rings is 2. The molecular formula is C31H39N5O6S. The molecule has 43 heavy (non-hydrogen) atoms. The van der Waals surface area contributed by atoms with Crippen LogP contribution in [-0.2, 0) is 19.6 Å². The number of amides is 1. The molecule has 1 saturated carbocycles. The molecule has 0 bridgehead atoms. The number of para-hydroxylation sites is 2. The molecule has 3 aromatic rings. The summed E-state index contributed by atoms with van der Waals surface area (Å²) in [4.78, 5) is 36.9. The van der Waals surface area contributed by atoms with Crippen molar-refractivity contribution >= 4 is 38.8 Å². The number of fused-ring (bicyclic) bond motifs is 1. The van der Waals surface area contributed by atoms with Crippen LogP contribution in [0.2, 0.25) is 0 Å². The number of carbonyl (C=O) groups is 2. The van der Waals surface area contributed by atoms with E-state index in [1.807, 2.05) is 17.0 Å². The summed E-state index contributed by atoms with van der Waals surface area (Å²) in [6, 6.07) is 15.0. The van der Waals surface area contributed by atoms with Crippen LogP contribution in [0.5, 0.6) is 0 Å². The molecule has 2 N–H and O–H groups in total. The second-order valence-corrected chi connectivity index (χ2v) is 12.7. The van der Waals surface area contributed by atoms with Crippen molar-refractivity contribution < 1.29 is 27.2 Å². The van der Waals surface area contributed by atoms with Gasteiger partial charge in [0.25, 0.3) is 15.9 Å². The fourth-order valence-corrected chi connectivity index (χ4v) is 6.61. The fraction of sp³-hybridized carbons (Fsp3) is 0.484. The minimum atomic E-state index is -3.88. The topological polar surface area (TPSA) is 143 Å². The molecule has 1 aromatic heterocycles. The molecule has 1 unspecified atom stereocenters. The lowest BCUT2D eigenvalue weighted by Crippen LogP contribution is -2.50. The lowest BCUT2D eigenvalue weighted by atomic mass is 9.83. The standard InChI is InChI=1S/C31H39N5O6S/c37-27(30-33-25-14-7-8-16-28(25)42-30)15-9-17-32-29(38)22-26(23-10-3-1-4-11-23)34-31(36-18-20-41-21-19-36)35-43(39,40)24-12-5-2-6-13-24/h2,5-8,12-14,16,23,26H,1,3-4,9-11,15,17-22H2,(H,32,38)(H,34,35). The van der Waals surface area contributed by atoms with Crippen LogP contribution < -0.4 is 10.0 Å². The Morgan fingerprint density at radius 2 is 1.72 bits per heavy atom. The molecule has 11 nitrogen and oxygen atoms in total. The van der Waals surface area contributed by atoms with Gasteiger partial charge >= 0.3 is 0 Å². The highest BCUT2D eigenvalue weighted by Gasteiger charge is 2.29. The smallest absolute Gasteiger partial charge is 0.264 e. The Hall–Kier alpha value is -3.77. The van der Waals surface area contributed by atoms with E-state index in [0.29, 0.717) is 50.4 Å². The van der Waals surface area contributed by atoms with Crippen LogP contribution in [0.25, 0.3) is 11.1 Å². The normalized spacial score (nSPS) is 17.5. The predicted octanol–water partition coefficient (Wildman–Crippen LogP) is 3.91. The zero-order chi connectivity index (χ0) is 30.1. The number of carbonyl (C=O) groups excluding carboxylic acids is 2. The van der Waals surface area contributed by atoms with E-state index in [9.17, 15) is 18.0 Å². The molecule has 12 heteroatoms. The maximum atomic E-state index is 13.3. The second-order valence-electron chi connectivity index (χ2n) is 11.0. The monoisotopic (exact) mass is 609 g/mol. The molecule has 5 rings (SSSR count). The van der Waals surface area contributed by atoms with E-state index in [4.69, 9.17) is 14.1 Å². The molecule has 1 saturated heterocycles. The quantitative estimate of drug-likeness (QED) is 0.144. The van der Waals surface area contributed by atoms with Gasteiger partial charge in [0.1, 0.15) is 5.52 Å². The van der Waals surface area contributed by atoms with Crippen molar-refractivity contribution in [3.63, 3.8) is 0 Å². The molecule has 1 atom stereocenters. The Morgan fingerprint density at radius 1 is 1.00 bits per heavy atom. The number of sulfonamides is 1. The van der Waals surface area contributed by atoms with Gasteiger partial charge in [0.05, 0.1) is 24.2 Å². The van der Waals surface area contributed by atoms with Crippen molar-refractivity contribution in [2.75, 3.05) is 32.8 Å². The van der Waals surface area contributed by atoms with E-state index >= 15 is 0 Å². The zero-order valence-corrected chi connectivity index (χ0v) is 25.1. The summed E-state index contributed by atoms with van der Waals surface area (Å²) in [5.41, 5.74) is 1.20. The summed E-state index contributed by atoms with van der Waals surface area (Å²) in [6.45, 7) is 2.23. The molecule has 2 aromatic carbocycles. The number of rotatable bonds is 11. The summed E-state index contributed by atoms with van der Waals surface area (Å²) in [5, 5.41) is 2.93. The minimum Gasteiger partial charge on any atom is -0.434 e. The predicted molar refractivity (Wildman–Crippen MR) is 162 cm³/mol. The van der Waals surface area contributed by atoms with Crippen LogP contribution in [0, 0.1) is 5.92 Å². The number of hydrogen-bond acceptors (Lipinski definition) is 8. The molecule has 2 aliphatic rings. The van der Waals surface area contributed by atoms with Crippen LogP contribution >= 0.6 is 0 Å². The summed E-state index contributed by atoms with van der Waals surface area (Å²) in [7, 11) is -3.88. The van der Waals surface area contributed by atoms with Crippen molar-refractivity contribution in [3.8, 4) is 0 Å². The number of ether oxygens (including phenoxy) is 1. The van der Waals surface area contributed by atoms with Crippen molar-refractivity contribution in [1.82, 2.24) is 19.9 Å². The Labute approximate surface area is 252 Å². The number of guanidine groups is 1. The minimum absolute atomic E-state index is 0.0767. The van der Waals surface area contributed by atoms with Crippen LogP contribution in [-0.4, -0.2) is 74.8 Å². The second kappa shape index (κ2) is 14.6. The van der Waals surface area contributed by atoms with Gasteiger partial charge in [-0.2, -0.15) is 0 Å². The number of ketones is 1. The number of oxazole rings is 1. The van der Waals surface area contributed by atoms with E-state index in [0.717, 1.165) is 32.1 Å². The summed E-state index contributed by atoms with van der Waals surface area (Å²) in [5.74, 6) is 0.0988. The molecule has 0 radical (unpaired) electrons. The first-order chi connectivity index (χ1) is 20.9. The van der Waals surface area contributed by atoms with Gasteiger partial charge in [-0.05, 0) is 49.4 Å². The fourth-order valence-electron chi connectivity index (χ4n) is 5.56. The van der Waals surface area contributed by atoms with Gasteiger partial charge in [0, 0.05) is 32.5 Å². The number of hydrogen-bond donors (Lipinski definition) is 2. The first kappa shape index (κ1) is 30.7. The third-order valence-electron chi connectivity index (χ3n) is 7.90. The summed E-state index contributed by atoms with van der Waals surface area (Å²) in [6.07, 6.45) is 5.88. The van der Waals surface area contributed by atoms with Crippen molar-refractivity contribution in [2.45, 2.75) is 62.3 Å². The summed E-state index contributed by atoms with van der Waals surface area (Å²) >= 11 is 0. The first-order valence-corrected chi connectivity index (χ1v) is 16.5. The van der Waals surface area contributed by atoms with Gasteiger partial charge in [-0.1, -0.05) is 49.6 Å². The van der Waals surface area contributed by atoms with E-state index in [2.05, 4.69) is 15.0 Å². The van der Waals surface area contributed by atoms with Crippen molar-refractivity contribution in [3.05, 3.63) is 60.5 Å². The highest BCUT2D eigenvalue weighted by atomic mass is 32.2. The number of nitrogens with one attached hydrogen (secondary N) is 2. The van der Waals surface area contributed by atoms with Crippen LogP contribution in [0.3, 0.4) is 0 Å². The molecule has 1 amide bonds. The Bertz CT molecular complexity index is 1480. The third-order valence-corrected chi connectivity index (χ3v) is 9.25. The Morgan fingerprint density at radius 3 is 2.47 bits per heavy atom. The molecule has 1 aliphatic heterocycles. The number of aromatic nitrogens is 1. The van der Waals surface area contributed by atoms with E-state index in [1.165, 1.54) is 0 Å². The average Bonchev–Trinajstić information content (AvgIpc) is 3.48. The first-order valence-electron chi connectivity index (χ1n) is 15.0. The van der Waals surface area contributed by atoms with Gasteiger partial charge in [0.2, 0.25) is 17.6 Å². The highest BCUT2D eigenvalue weighted by molar-refractivity contribution is 7.90. The Balaban J connectivity index is 1.24. The van der Waals surface area contributed by atoms with Gasteiger partial charge in [-0.15, -0.1) is 0 Å². The maximum absolute atomic E-state index is 13.3.